The van der Waals surface area contributed by atoms with Gasteiger partial charge in [0.15, 0.2) is 6.10 Å². The second-order valence-electron chi connectivity index (χ2n) is 3.45. The van der Waals surface area contributed by atoms with E-state index < -0.39 is 30.3 Å². The lowest BCUT2D eigenvalue weighted by Gasteiger charge is -2.05. The number of carboxylic acids is 1. The van der Waals surface area contributed by atoms with Gasteiger partial charge in [-0.1, -0.05) is 18.2 Å². The SMILES string of the molecule is O=C(C=Cc1ccccc1F)NCC(O)C(=O)O. The van der Waals surface area contributed by atoms with Crippen LogP contribution in [0.4, 0.5) is 4.39 Å². The molecule has 1 aromatic rings. The van der Waals surface area contributed by atoms with Crippen LogP contribution in [-0.4, -0.2) is 34.7 Å². The van der Waals surface area contributed by atoms with E-state index in [1.165, 1.54) is 24.3 Å². The van der Waals surface area contributed by atoms with E-state index in [0.717, 1.165) is 6.08 Å². The molecule has 0 fully saturated rings. The van der Waals surface area contributed by atoms with E-state index >= 15 is 0 Å². The molecule has 1 atom stereocenters. The second-order valence-corrected chi connectivity index (χ2v) is 3.45. The molecule has 0 aliphatic carbocycles. The minimum Gasteiger partial charge on any atom is -0.479 e. The van der Waals surface area contributed by atoms with Crippen molar-refractivity contribution in [3.63, 3.8) is 0 Å². The van der Waals surface area contributed by atoms with E-state index in [-0.39, 0.29) is 5.56 Å². The zero-order chi connectivity index (χ0) is 13.5. The first kappa shape index (κ1) is 13.9. The lowest BCUT2D eigenvalue weighted by Crippen LogP contribution is -2.35. The van der Waals surface area contributed by atoms with Crippen LogP contribution in [0.15, 0.2) is 30.3 Å². The van der Waals surface area contributed by atoms with Crippen molar-refractivity contribution in [2.45, 2.75) is 6.10 Å². The number of hydrogen-bond donors (Lipinski definition) is 3. The number of benzene rings is 1. The van der Waals surface area contributed by atoms with E-state index in [1.807, 2.05) is 0 Å². The van der Waals surface area contributed by atoms with Gasteiger partial charge >= 0.3 is 5.97 Å². The van der Waals surface area contributed by atoms with Crippen molar-refractivity contribution in [2.75, 3.05) is 6.54 Å². The van der Waals surface area contributed by atoms with Crippen LogP contribution in [0, 0.1) is 5.82 Å². The van der Waals surface area contributed by atoms with E-state index in [1.54, 1.807) is 6.07 Å². The van der Waals surface area contributed by atoms with E-state index in [2.05, 4.69) is 5.32 Å². The molecule has 1 rings (SSSR count). The fourth-order valence-electron chi connectivity index (χ4n) is 1.12. The predicted molar refractivity (Wildman–Crippen MR) is 62.1 cm³/mol. The highest BCUT2D eigenvalue weighted by Crippen LogP contribution is 2.07. The molecule has 0 spiro atoms. The maximum absolute atomic E-state index is 13.2. The van der Waals surface area contributed by atoms with Crippen molar-refractivity contribution in [1.29, 1.82) is 0 Å². The number of carboxylic acid groups (broad SMARTS) is 1. The highest BCUT2D eigenvalue weighted by molar-refractivity contribution is 5.92. The van der Waals surface area contributed by atoms with Crippen LogP contribution in [0.1, 0.15) is 5.56 Å². The molecule has 0 aromatic heterocycles. The Morgan fingerprint density at radius 3 is 2.67 bits per heavy atom. The zero-order valence-corrected chi connectivity index (χ0v) is 9.34. The van der Waals surface area contributed by atoms with Crippen LogP contribution in [0.2, 0.25) is 0 Å². The molecule has 0 aliphatic rings. The minimum absolute atomic E-state index is 0.242. The van der Waals surface area contributed by atoms with Crippen molar-refractivity contribution in [3.05, 3.63) is 41.7 Å². The van der Waals surface area contributed by atoms with Gasteiger partial charge in [0.05, 0.1) is 6.54 Å². The molecule has 1 amide bonds. The molecule has 96 valence electrons. The topological polar surface area (TPSA) is 86.6 Å². The smallest absolute Gasteiger partial charge is 0.334 e. The first-order valence-electron chi connectivity index (χ1n) is 5.12. The third-order valence-corrected chi connectivity index (χ3v) is 2.07. The Bertz CT molecular complexity index is 473. The Morgan fingerprint density at radius 1 is 1.39 bits per heavy atom. The molecule has 0 aliphatic heterocycles. The summed E-state index contributed by atoms with van der Waals surface area (Å²) < 4.78 is 13.2. The lowest BCUT2D eigenvalue weighted by molar-refractivity contribution is -0.146. The van der Waals surface area contributed by atoms with Gasteiger partial charge in [-0.05, 0) is 12.1 Å². The number of aliphatic hydroxyl groups excluding tert-OH is 1. The maximum Gasteiger partial charge on any atom is 0.334 e. The fraction of sp³-hybridized carbons (Fsp3) is 0.167. The normalized spacial score (nSPS) is 12.3. The number of rotatable bonds is 5. The third-order valence-electron chi connectivity index (χ3n) is 2.07. The summed E-state index contributed by atoms with van der Waals surface area (Å²) in [6, 6.07) is 5.89. The van der Waals surface area contributed by atoms with Gasteiger partial charge in [0.1, 0.15) is 5.82 Å². The molecule has 0 radical (unpaired) electrons. The maximum atomic E-state index is 13.2. The molecular weight excluding hydrogens is 241 g/mol. The minimum atomic E-state index is -1.66. The Morgan fingerprint density at radius 2 is 2.06 bits per heavy atom. The molecule has 6 heteroatoms. The highest BCUT2D eigenvalue weighted by Gasteiger charge is 2.12. The number of nitrogens with one attached hydrogen (secondary N) is 1. The molecule has 1 unspecified atom stereocenters. The van der Waals surface area contributed by atoms with Gasteiger partial charge in [-0.15, -0.1) is 0 Å². The molecule has 0 saturated heterocycles. The summed E-state index contributed by atoms with van der Waals surface area (Å²) in [6.07, 6.45) is 0.668. The van der Waals surface area contributed by atoms with Crippen LogP contribution < -0.4 is 5.32 Å². The highest BCUT2D eigenvalue weighted by atomic mass is 19.1. The summed E-state index contributed by atoms with van der Waals surface area (Å²) in [6.45, 7) is -0.407. The second kappa shape index (κ2) is 6.51. The van der Waals surface area contributed by atoms with Crippen molar-refractivity contribution in [1.82, 2.24) is 5.32 Å². The largest absolute Gasteiger partial charge is 0.479 e. The lowest BCUT2D eigenvalue weighted by atomic mass is 10.2. The average molecular weight is 253 g/mol. The van der Waals surface area contributed by atoms with Crippen LogP contribution in [0.5, 0.6) is 0 Å². The number of halogens is 1. The molecular formula is C12H12FNO4. The molecule has 0 heterocycles. The predicted octanol–water partition coefficient (Wildman–Crippen LogP) is 0.401. The molecule has 0 bridgehead atoms. The molecule has 0 saturated carbocycles. The summed E-state index contributed by atoms with van der Waals surface area (Å²) in [5.74, 6) is -2.50. The number of hydrogen-bond acceptors (Lipinski definition) is 3. The Balaban J connectivity index is 2.50. The summed E-state index contributed by atoms with van der Waals surface area (Å²) in [7, 11) is 0. The first-order valence-corrected chi connectivity index (χ1v) is 5.12. The number of aliphatic carboxylic acids is 1. The fourth-order valence-corrected chi connectivity index (χ4v) is 1.12. The van der Waals surface area contributed by atoms with Gasteiger partial charge in [0.2, 0.25) is 5.91 Å². The standard InChI is InChI=1S/C12H12FNO4/c13-9-4-2-1-3-8(9)5-6-11(16)14-7-10(15)12(17)18/h1-6,10,15H,7H2,(H,14,16)(H,17,18). The Labute approximate surface area is 103 Å². The van der Waals surface area contributed by atoms with Gasteiger partial charge in [-0.3, -0.25) is 4.79 Å². The molecule has 3 N–H and O–H groups in total. The van der Waals surface area contributed by atoms with Crippen molar-refractivity contribution in [3.8, 4) is 0 Å². The third kappa shape index (κ3) is 4.34. The summed E-state index contributed by atoms with van der Waals surface area (Å²) in [4.78, 5) is 21.5. The van der Waals surface area contributed by atoms with Crippen molar-refractivity contribution >= 4 is 18.0 Å². The number of aliphatic hydroxyl groups is 1. The van der Waals surface area contributed by atoms with Gasteiger partial charge in [0, 0.05) is 11.6 Å². The van der Waals surface area contributed by atoms with Gasteiger partial charge in [-0.2, -0.15) is 0 Å². The van der Waals surface area contributed by atoms with E-state index in [4.69, 9.17) is 10.2 Å². The van der Waals surface area contributed by atoms with Crippen LogP contribution in [0.3, 0.4) is 0 Å². The average Bonchev–Trinajstić information content (AvgIpc) is 2.34. The molecule has 1 aromatic carbocycles. The first-order chi connectivity index (χ1) is 8.50. The summed E-state index contributed by atoms with van der Waals surface area (Å²) >= 11 is 0. The molecule has 18 heavy (non-hydrogen) atoms. The Hall–Kier alpha value is -2.21. The van der Waals surface area contributed by atoms with Gasteiger partial charge in [0.25, 0.3) is 0 Å². The number of carbonyl (C=O) groups is 2. The van der Waals surface area contributed by atoms with Crippen molar-refractivity contribution < 1.29 is 24.2 Å². The summed E-state index contributed by atoms with van der Waals surface area (Å²) in [5.41, 5.74) is 0.242. The van der Waals surface area contributed by atoms with Crippen molar-refractivity contribution in [2.24, 2.45) is 0 Å². The van der Waals surface area contributed by atoms with Crippen LogP contribution in [0.25, 0.3) is 6.08 Å². The monoisotopic (exact) mass is 253 g/mol. The van der Waals surface area contributed by atoms with Gasteiger partial charge in [-0.25, -0.2) is 9.18 Å². The zero-order valence-electron chi connectivity index (χ0n) is 9.34. The quantitative estimate of drug-likeness (QED) is 0.663. The number of amides is 1. The molecule has 5 nitrogen and oxygen atoms in total. The number of carbonyl (C=O) groups excluding carboxylic acids is 1. The summed E-state index contributed by atoms with van der Waals surface area (Å²) in [5, 5.41) is 19.5. The van der Waals surface area contributed by atoms with Crippen LogP contribution >= 0.6 is 0 Å². The van der Waals surface area contributed by atoms with Crippen LogP contribution in [-0.2, 0) is 9.59 Å². The van der Waals surface area contributed by atoms with E-state index in [9.17, 15) is 14.0 Å². The Kier molecular flexibility index (Phi) is 5.01. The van der Waals surface area contributed by atoms with E-state index in [0.29, 0.717) is 0 Å². The van der Waals surface area contributed by atoms with Gasteiger partial charge < -0.3 is 15.5 Å².